The average Bonchev–Trinajstić information content (AvgIpc) is 2.37. The van der Waals surface area contributed by atoms with E-state index in [9.17, 15) is 0 Å². The minimum Gasteiger partial charge on any atom is -0.424 e. The lowest BCUT2D eigenvalue weighted by Crippen LogP contribution is -2.10. The van der Waals surface area contributed by atoms with Gasteiger partial charge in [0.05, 0.1) is 5.69 Å². The van der Waals surface area contributed by atoms with Crippen molar-refractivity contribution in [2.75, 3.05) is 0 Å². The number of hydrogen-bond acceptors (Lipinski definition) is 4. The Bertz CT molecular complexity index is 586. The first-order valence-electron chi connectivity index (χ1n) is 6.71. The molecule has 0 saturated carbocycles. The van der Waals surface area contributed by atoms with Crippen molar-refractivity contribution in [1.29, 1.82) is 0 Å². The molecule has 1 aromatic heterocycles. The summed E-state index contributed by atoms with van der Waals surface area (Å²) in [6, 6.07) is 10.2. The Hall–Kier alpha value is -1.94. The molecule has 0 spiro atoms. The third-order valence-corrected chi connectivity index (χ3v) is 3.03. The number of benzene rings is 1. The minimum absolute atomic E-state index is 0.130. The quantitative estimate of drug-likeness (QED) is 0.930. The molecule has 0 saturated heterocycles. The Kier molecular flexibility index (Phi) is 4.04. The van der Waals surface area contributed by atoms with Gasteiger partial charge in [0.25, 0.3) is 0 Å². The number of aryl methyl sites for hydroxylation is 1. The molecule has 0 aliphatic heterocycles. The van der Waals surface area contributed by atoms with E-state index in [1.165, 1.54) is 5.56 Å². The van der Waals surface area contributed by atoms with E-state index in [4.69, 9.17) is 10.5 Å². The highest BCUT2D eigenvalue weighted by atomic mass is 16.5. The van der Waals surface area contributed by atoms with Gasteiger partial charge in [-0.25, -0.2) is 4.98 Å². The van der Waals surface area contributed by atoms with E-state index < -0.39 is 0 Å². The fraction of sp³-hybridized carbons (Fsp3) is 0.375. The zero-order valence-corrected chi connectivity index (χ0v) is 12.5. The third kappa shape index (κ3) is 3.54. The molecule has 0 bridgehead atoms. The molecule has 0 unspecified atom stereocenters. The standard InChI is InChI=1S/C16H21N3O/c1-11-9-13(10-17)19-15(18-11)20-14-7-5-12(6-8-14)16(2,3)4/h5-9H,10,17H2,1-4H3. The monoisotopic (exact) mass is 271 g/mol. The first-order valence-corrected chi connectivity index (χ1v) is 6.71. The van der Waals surface area contributed by atoms with E-state index in [-0.39, 0.29) is 5.41 Å². The molecule has 2 rings (SSSR count). The van der Waals surface area contributed by atoms with Crippen LogP contribution in [0, 0.1) is 6.92 Å². The molecule has 2 N–H and O–H groups in total. The average molecular weight is 271 g/mol. The van der Waals surface area contributed by atoms with E-state index in [2.05, 4.69) is 42.9 Å². The highest BCUT2D eigenvalue weighted by Gasteiger charge is 2.13. The number of aromatic nitrogens is 2. The third-order valence-electron chi connectivity index (χ3n) is 3.03. The second kappa shape index (κ2) is 5.59. The highest BCUT2D eigenvalue weighted by molar-refractivity contribution is 5.32. The van der Waals surface area contributed by atoms with Crippen molar-refractivity contribution < 1.29 is 4.74 Å². The van der Waals surface area contributed by atoms with Crippen LogP contribution in [0.4, 0.5) is 0 Å². The molecule has 106 valence electrons. The van der Waals surface area contributed by atoms with E-state index in [0.29, 0.717) is 12.6 Å². The molecule has 20 heavy (non-hydrogen) atoms. The Morgan fingerprint density at radius 3 is 2.30 bits per heavy atom. The largest absolute Gasteiger partial charge is 0.424 e. The maximum Gasteiger partial charge on any atom is 0.322 e. The van der Waals surface area contributed by atoms with Gasteiger partial charge in [0, 0.05) is 12.2 Å². The number of nitrogens with two attached hydrogens (primary N) is 1. The van der Waals surface area contributed by atoms with Crippen LogP contribution < -0.4 is 10.5 Å². The molecule has 0 atom stereocenters. The minimum atomic E-state index is 0.130. The van der Waals surface area contributed by atoms with Crippen molar-refractivity contribution in [2.45, 2.75) is 39.7 Å². The van der Waals surface area contributed by atoms with Crippen LogP contribution in [-0.2, 0) is 12.0 Å². The number of hydrogen-bond donors (Lipinski definition) is 1. The van der Waals surface area contributed by atoms with E-state index in [0.717, 1.165) is 17.1 Å². The van der Waals surface area contributed by atoms with Gasteiger partial charge in [-0.1, -0.05) is 32.9 Å². The molecule has 0 radical (unpaired) electrons. The van der Waals surface area contributed by atoms with Gasteiger partial charge in [0.15, 0.2) is 0 Å². The van der Waals surface area contributed by atoms with Gasteiger partial charge in [-0.05, 0) is 36.1 Å². The van der Waals surface area contributed by atoms with Crippen LogP contribution in [-0.4, -0.2) is 9.97 Å². The molecule has 4 heteroatoms. The van der Waals surface area contributed by atoms with Crippen molar-refractivity contribution in [3.05, 3.63) is 47.3 Å². The number of nitrogens with zero attached hydrogens (tertiary/aromatic N) is 2. The van der Waals surface area contributed by atoms with Gasteiger partial charge >= 0.3 is 6.01 Å². The van der Waals surface area contributed by atoms with Crippen LogP contribution in [0.25, 0.3) is 0 Å². The van der Waals surface area contributed by atoms with Gasteiger partial charge in [-0.15, -0.1) is 0 Å². The maximum absolute atomic E-state index is 5.69. The Labute approximate surface area is 120 Å². The molecule has 0 aliphatic rings. The van der Waals surface area contributed by atoms with E-state index >= 15 is 0 Å². The molecule has 4 nitrogen and oxygen atoms in total. The van der Waals surface area contributed by atoms with Gasteiger partial charge in [-0.2, -0.15) is 4.98 Å². The predicted molar refractivity (Wildman–Crippen MR) is 79.9 cm³/mol. The summed E-state index contributed by atoms with van der Waals surface area (Å²) in [6.07, 6.45) is 0. The predicted octanol–water partition coefficient (Wildman–Crippen LogP) is 3.33. The molecule has 1 heterocycles. The van der Waals surface area contributed by atoms with Crippen molar-refractivity contribution in [1.82, 2.24) is 9.97 Å². The molecular weight excluding hydrogens is 250 g/mol. The molecule has 0 aliphatic carbocycles. The topological polar surface area (TPSA) is 61.0 Å². The van der Waals surface area contributed by atoms with Crippen LogP contribution in [0.3, 0.4) is 0 Å². The summed E-state index contributed by atoms with van der Waals surface area (Å²) in [5.74, 6) is 0.728. The maximum atomic E-state index is 5.69. The summed E-state index contributed by atoms with van der Waals surface area (Å²) in [5.41, 5.74) is 8.62. The molecule has 0 fully saturated rings. The van der Waals surface area contributed by atoms with E-state index in [1.54, 1.807) is 0 Å². The second-order valence-corrected chi connectivity index (χ2v) is 5.86. The smallest absolute Gasteiger partial charge is 0.322 e. The fourth-order valence-electron chi connectivity index (χ4n) is 1.88. The Morgan fingerprint density at radius 1 is 1.10 bits per heavy atom. The molecule has 1 aromatic carbocycles. The van der Waals surface area contributed by atoms with Crippen molar-refractivity contribution in [3.63, 3.8) is 0 Å². The summed E-state index contributed by atoms with van der Waals surface area (Å²) >= 11 is 0. The Morgan fingerprint density at radius 2 is 1.75 bits per heavy atom. The summed E-state index contributed by atoms with van der Waals surface area (Å²) in [5, 5.41) is 0. The second-order valence-electron chi connectivity index (χ2n) is 5.86. The molecular formula is C16H21N3O. The summed E-state index contributed by atoms with van der Waals surface area (Å²) in [7, 11) is 0. The first kappa shape index (κ1) is 14.5. The van der Waals surface area contributed by atoms with E-state index in [1.807, 2.05) is 25.1 Å². The number of rotatable bonds is 3. The number of ether oxygens (including phenoxy) is 1. The van der Waals surface area contributed by atoms with Gasteiger partial charge in [0.1, 0.15) is 5.75 Å². The Balaban J connectivity index is 2.20. The van der Waals surface area contributed by atoms with Crippen LogP contribution in [0.15, 0.2) is 30.3 Å². The highest BCUT2D eigenvalue weighted by Crippen LogP contribution is 2.25. The van der Waals surface area contributed by atoms with Gasteiger partial charge in [-0.3, -0.25) is 0 Å². The first-order chi connectivity index (χ1) is 9.38. The van der Waals surface area contributed by atoms with Gasteiger partial charge in [0.2, 0.25) is 0 Å². The lowest BCUT2D eigenvalue weighted by Gasteiger charge is -2.19. The zero-order valence-electron chi connectivity index (χ0n) is 12.5. The van der Waals surface area contributed by atoms with Crippen LogP contribution >= 0.6 is 0 Å². The SMILES string of the molecule is Cc1cc(CN)nc(Oc2ccc(C(C)(C)C)cc2)n1. The van der Waals surface area contributed by atoms with Crippen LogP contribution in [0.2, 0.25) is 0 Å². The lowest BCUT2D eigenvalue weighted by molar-refractivity contribution is 0.437. The fourth-order valence-corrected chi connectivity index (χ4v) is 1.88. The summed E-state index contributed by atoms with van der Waals surface area (Å²) < 4.78 is 5.69. The lowest BCUT2D eigenvalue weighted by atomic mass is 9.87. The summed E-state index contributed by atoms with van der Waals surface area (Å²) in [4.78, 5) is 8.52. The van der Waals surface area contributed by atoms with Crippen LogP contribution in [0.5, 0.6) is 11.8 Å². The summed E-state index contributed by atoms with van der Waals surface area (Å²) in [6.45, 7) is 8.82. The molecule has 2 aromatic rings. The van der Waals surface area contributed by atoms with Gasteiger partial charge < -0.3 is 10.5 Å². The zero-order chi connectivity index (χ0) is 14.8. The normalized spacial score (nSPS) is 11.4. The van der Waals surface area contributed by atoms with Crippen molar-refractivity contribution >= 4 is 0 Å². The van der Waals surface area contributed by atoms with Crippen molar-refractivity contribution in [3.8, 4) is 11.8 Å². The van der Waals surface area contributed by atoms with Crippen molar-refractivity contribution in [2.24, 2.45) is 5.73 Å². The van der Waals surface area contributed by atoms with Crippen LogP contribution in [0.1, 0.15) is 37.7 Å². The molecule has 0 amide bonds.